The fourth-order valence-electron chi connectivity index (χ4n) is 6.03. The second-order valence-electron chi connectivity index (χ2n) is 10.3. The van der Waals surface area contributed by atoms with Gasteiger partial charge in [-0.05, 0) is 61.8 Å². The SMILES string of the molecule is CCCC(O)n1c2c(c3cc(C(=O)N4CCC(C)CC4)ccc31)CN(C1CCOCC1)CC2. The van der Waals surface area contributed by atoms with Crippen molar-refractivity contribution in [2.45, 2.75) is 77.6 Å². The van der Waals surface area contributed by atoms with Gasteiger partial charge in [-0.1, -0.05) is 20.3 Å². The van der Waals surface area contributed by atoms with Crippen molar-refractivity contribution in [1.82, 2.24) is 14.4 Å². The zero-order chi connectivity index (χ0) is 22.9. The molecule has 5 rings (SSSR count). The molecule has 0 spiro atoms. The van der Waals surface area contributed by atoms with E-state index in [1.807, 2.05) is 11.0 Å². The van der Waals surface area contributed by atoms with Crippen molar-refractivity contribution in [3.63, 3.8) is 0 Å². The van der Waals surface area contributed by atoms with Crippen molar-refractivity contribution in [1.29, 1.82) is 0 Å². The second kappa shape index (κ2) is 9.77. The zero-order valence-electron chi connectivity index (χ0n) is 20.3. The monoisotopic (exact) mass is 453 g/mol. The van der Waals surface area contributed by atoms with Crippen molar-refractivity contribution < 1.29 is 14.6 Å². The highest BCUT2D eigenvalue weighted by Crippen LogP contribution is 2.36. The number of hydrogen-bond acceptors (Lipinski definition) is 4. The number of aliphatic hydroxyl groups is 1. The van der Waals surface area contributed by atoms with Crippen LogP contribution in [-0.2, 0) is 17.7 Å². The van der Waals surface area contributed by atoms with Crippen LogP contribution in [0, 0.1) is 5.92 Å². The van der Waals surface area contributed by atoms with Crippen LogP contribution in [0.4, 0.5) is 0 Å². The molecule has 6 nitrogen and oxygen atoms in total. The normalized spacial score (nSPS) is 22.0. The Morgan fingerprint density at radius 1 is 1.15 bits per heavy atom. The van der Waals surface area contributed by atoms with Gasteiger partial charge in [0.25, 0.3) is 5.91 Å². The smallest absolute Gasteiger partial charge is 0.253 e. The molecular weight excluding hydrogens is 414 g/mol. The summed E-state index contributed by atoms with van der Waals surface area (Å²) in [5.74, 6) is 0.852. The summed E-state index contributed by atoms with van der Waals surface area (Å²) < 4.78 is 7.75. The van der Waals surface area contributed by atoms with Gasteiger partial charge in [-0.25, -0.2) is 0 Å². The van der Waals surface area contributed by atoms with Gasteiger partial charge in [-0.2, -0.15) is 0 Å². The standard InChI is InChI=1S/C27H39N3O3/c1-3-4-26(31)30-24-6-5-20(27(32)28-12-7-19(2)8-13-28)17-22(24)23-18-29(14-9-25(23)30)21-10-15-33-16-11-21/h5-6,17,19,21,26,31H,3-4,7-16,18H2,1-2H3. The number of benzene rings is 1. The summed E-state index contributed by atoms with van der Waals surface area (Å²) in [7, 11) is 0. The van der Waals surface area contributed by atoms with Gasteiger partial charge in [-0.15, -0.1) is 0 Å². The minimum Gasteiger partial charge on any atom is -0.381 e. The molecule has 3 aliphatic heterocycles. The molecule has 1 aromatic heterocycles. The number of fused-ring (bicyclic) bond motifs is 3. The van der Waals surface area contributed by atoms with Crippen LogP contribution in [0.1, 0.15) is 80.2 Å². The van der Waals surface area contributed by atoms with Crippen molar-refractivity contribution in [3.8, 4) is 0 Å². The van der Waals surface area contributed by atoms with Gasteiger partial charge in [0, 0.05) is 68.5 Å². The second-order valence-corrected chi connectivity index (χ2v) is 10.3. The van der Waals surface area contributed by atoms with E-state index in [0.717, 1.165) is 101 Å². The summed E-state index contributed by atoms with van der Waals surface area (Å²) in [4.78, 5) is 17.9. The number of carbonyl (C=O) groups excluding carboxylic acids is 1. The van der Waals surface area contributed by atoms with Crippen LogP contribution < -0.4 is 0 Å². The highest BCUT2D eigenvalue weighted by atomic mass is 16.5. The Hall–Kier alpha value is -1.89. The highest BCUT2D eigenvalue weighted by Gasteiger charge is 2.31. The van der Waals surface area contributed by atoms with E-state index < -0.39 is 6.23 Å². The third kappa shape index (κ3) is 4.45. The quantitative estimate of drug-likeness (QED) is 0.732. The molecular formula is C27H39N3O3. The van der Waals surface area contributed by atoms with Crippen LogP contribution in [-0.4, -0.2) is 64.3 Å². The molecule has 2 saturated heterocycles. The third-order valence-corrected chi connectivity index (χ3v) is 8.09. The topological polar surface area (TPSA) is 57.9 Å². The molecule has 180 valence electrons. The van der Waals surface area contributed by atoms with E-state index in [0.29, 0.717) is 12.0 Å². The predicted octanol–water partition coefficient (Wildman–Crippen LogP) is 4.34. The minimum atomic E-state index is -0.513. The largest absolute Gasteiger partial charge is 0.381 e. The van der Waals surface area contributed by atoms with Crippen molar-refractivity contribution >= 4 is 16.8 Å². The average Bonchev–Trinajstić information content (AvgIpc) is 3.18. The molecule has 1 atom stereocenters. The van der Waals surface area contributed by atoms with Crippen molar-refractivity contribution in [2.24, 2.45) is 5.92 Å². The lowest BCUT2D eigenvalue weighted by Crippen LogP contribution is -2.42. The van der Waals surface area contributed by atoms with E-state index in [1.54, 1.807) is 0 Å². The molecule has 1 N–H and O–H groups in total. The maximum absolute atomic E-state index is 13.3. The Morgan fingerprint density at radius 2 is 1.91 bits per heavy atom. The van der Waals surface area contributed by atoms with Crippen molar-refractivity contribution in [3.05, 3.63) is 35.0 Å². The summed E-state index contributed by atoms with van der Waals surface area (Å²) in [6.45, 7) is 9.69. The first-order valence-electron chi connectivity index (χ1n) is 13.0. The third-order valence-electron chi connectivity index (χ3n) is 8.09. The molecule has 1 aromatic carbocycles. The Labute approximate surface area is 197 Å². The lowest BCUT2D eigenvalue weighted by atomic mass is 9.97. The van der Waals surface area contributed by atoms with Crippen LogP contribution in [0.25, 0.3) is 10.9 Å². The fourth-order valence-corrected chi connectivity index (χ4v) is 6.03. The number of amides is 1. The molecule has 1 amide bonds. The Morgan fingerprint density at radius 3 is 2.64 bits per heavy atom. The van der Waals surface area contributed by atoms with Gasteiger partial charge < -0.3 is 19.3 Å². The van der Waals surface area contributed by atoms with E-state index in [4.69, 9.17) is 4.74 Å². The van der Waals surface area contributed by atoms with Crippen LogP contribution in [0.5, 0.6) is 0 Å². The van der Waals surface area contributed by atoms with Gasteiger partial charge in [-0.3, -0.25) is 9.69 Å². The van der Waals surface area contributed by atoms with Gasteiger partial charge >= 0.3 is 0 Å². The van der Waals surface area contributed by atoms with Crippen LogP contribution in [0.15, 0.2) is 18.2 Å². The summed E-state index contributed by atoms with van der Waals surface area (Å²) in [6, 6.07) is 6.72. The molecule has 0 saturated carbocycles. The predicted molar refractivity (Wildman–Crippen MR) is 130 cm³/mol. The first kappa shape index (κ1) is 22.9. The summed E-state index contributed by atoms with van der Waals surface area (Å²) in [5.41, 5.74) is 4.41. The van der Waals surface area contributed by atoms with Gasteiger partial charge in [0.1, 0.15) is 6.23 Å². The van der Waals surface area contributed by atoms with Crippen LogP contribution >= 0.6 is 0 Å². The molecule has 1 unspecified atom stereocenters. The number of likely N-dealkylation sites (tertiary alicyclic amines) is 1. The van der Waals surface area contributed by atoms with Gasteiger partial charge in [0.05, 0.1) is 5.52 Å². The number of ether oxygens (including phenoxy) is 1. The van der Waals surface area contributed by atoms with Gasteiger partial charge in [0.2, 0.25) is 0 Å². The maximum Gasteiger partial charge on any atom is 0.253 e. The molecule has 0 bridgehead atoms. The lowest BCUT2D eigenvalue weighted by molar-refractivity contribution is 0.0279. The maximum atomic E-state index is 13.3. The number of hydrogen-bond donors (Lipinski definition) is 1. The lowest BCUT2D eigenvalue weighted by Gasteiger charge is -2.37. The molecule has 6 heteroatoms. The zero-order valence-corrected chi connectivity index (χ0v) is 20.3. The number of aromatic nitrogens is 1. The number of nitrogens with zero attached hydrogens (tertiary/aromatic N) is 3. The van der Waals surface area contributed by atoms with Crippen LogP contribution in [0.3, 0.4) is 0 Å². The summed E-state index contributed by atoms with van der Waals surface area (Å²) in [6.07, 6.45) is 6.45. The first-order chi connectivity index (χ1) is 16.1. The molecule has 3 aliphatic rings. The number of rotatable bonds is 5. The number of aliphatic hydroxyl groups excluding tert-OH is 1. The van der Waals surface area contributed by atoms with E-state index in [-0.39, 0.29) is 5.91 Å². The number of carbonyl (C=O) groups is 1. The van der Waals surface area contributed by atoms with E-state index in [9.17, 15) is 9.90 Å². The number of piperidine rings is 1. The molecule has 0 radical (unpaired) electrons. The molecule has 33 heavy (non-hydrogen) atoms. The minimum absolute atomic E-state index is 0.150. The average molecular weight is 454 g/mol. The van der Waals surface area contributed by atoms with E-state index in [1.165, 1.54) is 11.3 Å². The van der Waals surface area contributed by atoms with Crippen molar-refractivity contribution in [2.75, 3.05) is 32.8 Å². The molecule has 0 aliphatic carbocycles. The van der Waals surface area contributed by atoms with Gasteiger partial charge in [0.15, 0.2) is 0 Å². The Bertz CT molecular complexity index is 986. The molecule has 4 heterocycles. The van der Waals surface area contributed by atoms with E-state index >= 15 is 0 Å². The molecule has 2 aromatic rings. The first-order valence-corrected chi connectivity index (χ1v) is 13.0. The highest BCUT2D eigenvalue weighted by molar-refractivity contribution is 5.99. The Balaban J connectivity index is 1.51. The van der Waals surface area contributed by atoms with Crippen LogP contribution in [0.2, 0.25) is 0 Å². The fraction of sp³-hybridized carbons (Fsp3) is 0.667. The Kier molecular flexibility index (Phi) is 6.77. The summed E-state index contributed by atoms with van der Waals surface area (Å²) >= 11 is 0. The van der Waals surface area contributed by atoms with E-state index in [2.05, 4.69) is 35.4 Å². The summed E-state index contributed by atoms with van der Waals surface area (Å²) in [5, 5.41) is 12.2. The molecule has 2 fully saturated rings.